The SMILES string of the molecule is Cc1ccccc1CNC(=O)c1ccnc(Nc2ccc(Br)cc2)c1. The van der Waals surface area contributed by atoms with Crippen LogP contribution in [0, 0.1) is 6.92 Å². The predicted molar refractivity (Wildman–Crippen MR) is 104 cm³/mol. The molecule has 0 fully saturated rings. The van der Waals surface area contributed by atoms with Gasteiger partial charge in [-0.15, -0.1) is 0 Å². The fourth-order valence-electron chi connectivity index (χ4n) is 2.41. The van der Waals surface area contributed by atoms with Crippen molar-refractivity contribution in [1.82, 2.24) is 10.3 Å². The highest BCUT2D eigenvalue weighted by molar-refractivity contribution is 9.10. The van der Waals surface area contributed by atoms with Gasteiger partial charge in [-0.3, -0.25) is 4.79 Å². The lowest BCUT2D eigenvalue weighted by Gasteiger charge is -2.10. The molecule has 25 heavy (non-hydrogen) atoms. The van der Waals surface area contributed by atoms with Crippen LogP contribution in [-0.4, -0.2) is 10.9 Å². The lowest BCUT2D eigenvalue weighted by atomic mass is 10.1. The van der Waals surface area contributed by atoms with Gasteiger partial charge >= 0.3 is 0 Å². The molecular weight excluding hydrogens is 378 g/mol. The Labute approximate surface area is 155 Å². The highest BCUT2D eigenvalue weighted by Crippen LogP contribution is 2.18. The monoisotopic (exact) mass is 395 g/mol. The molecule has 0 saturated carbocycles. The summed E-state index contributed by atoms with van der Waals surface area (Å²) >= 11 is 3.41. The van der Waals surface area contributed by atoms with Crippen LogP contribution in [0.5, 0.6) is 0 Å². The number of carbonyl (C=O) groups is 1. The van der Waals surface area contributed by atoms with Gasteiger partial charge in [-0.05, 0) is 54.4 Å². The summed E-state index contributed by atoms with van der Waals surface area (Å²) in [7, 11) is 0. The van der Waals surface area contributed by atoms with E-state index in [0.29, 0.717) is 17.9 Å². The summed E-state index contributed by atoms with van der Waals surface area (Å²) < 4.78 is 1.01. The summed E-state index contributed by atoms with van der Waals surface area (Å²) in [6, 6.07) is 19.2. The minimum Gasteiger partial charge on any atom is -0.348 e. The second-order valence-electron chi connectivity index (χ2n) is 5.67. The molecule has 0 aliphatic carbocycles. The van der Waals surface area contributed by atoms with Crippen LogP contribution >= 0.6 is 15.9 Å². The molecule has 0 aliphatic rings. The number of benzene rings is 2. The summed E-state index contributed by atoms with van der Waals surface area (Å²) in [5.74, 6) is 0.510. The first-order chi connectivity index (χ1) is 12.1. The molecule has 3 aromatic rings. The van der Waals surface area contributed by atoms with Crippen LogP contribution < -0.4 is 10.6 Å². The standard InChI is InChI=1S/C20H18BrN3O/c1-14-4-2-3-5-16(14)13-23-20(25)15-10-11-22-19(12-15)24-18-8-6-17(21)7-9-18/h2-12H,13H2,1H3,(H,22,24)(H,23,25). The van der Waals surface area contributed by atoms with Crippen molar-refractivity contribution in [2.24, 2.45) is 0 Å². The number of amides is 1. The minimum absolute atomic E-state index is 0.121. The average Bonchev–Trinajstić information content (AvgIpc) is 2.63. The van der Waals surface area contributed by atoms with Gasteiger partial charge in [0.1, 0.15) is 5.82 Å². The Morgan fingerprint density at radius 2 is 1.84 bits per heavy atom. The molecular formula is C20H18BrN3O. The van der Waals surface area contributed by atoms with Gasteiger partial charge in [0, 0.05) is 28.5 Å². The molecule has 126 valence electrons. The maximum Gasteiger partial charge on any atom is 0.251 e. The number of anilines is 2. The molecule has 0 atom stereocenters. The van der Waals surface area contributed by atoms with Crippen molar-refractivity contribution in [1.29, 1.82) is 0 Å². The van der Waals surface area contributed by atoms with Crippen molar-refractivity contribution >= 4 is 33.3 Å². The number of pyridine rings is 1. The van der Waals surface area contributed by atoms with Gasteiger partial charge in [-0.1, -0.05) is 40.2 Å². The molecule has 1 heterocycles. The largest absolute Gasteiger partial charge is 0.348 e. The van der Waals surface area contributed by atoms with Gasteiger partial charge in [-0.2, -0.15) is 0 Å². The molecule has 0 bridgehead atoms. The zero-order valence-electron chi connectivity index (χ0n) is 13.8. The van der Waals surface area contributed by atoms with Crippen LogP contribution in [0.4, 0.5) is 11.5 Å². The highest BCUT2D eigenvalue weighted by atomic mass is 79.9. The van der Waals surface area contributed by atoms with E-state index in [9.17, 15) is 4.79 Å². The number of hydrogen-bond acceptors (Lipinski definition) is 3. The maximum atomic E-state index is 12.4. The van der Waals surface area contributed by atoms with Crippen molar-refractivity contribution in [3.63, 3.8) is 0 Å². The number of hydrogen-bond donors (Lipinski definition) is 2. The summed E-state index contributed by atoms with van der Waals surface area (Å²) in [6.45, 7) is 2.54. The summed E-state index contributed by atoms with van der Waals surface area (Å²) in [5.41, 5.74) is 3.75. The van der Waals surface area contributed by atoms with Crippen LogP contribution in [0.1, 0.15) is 21.5 Å². The summed E-state index contributed by atoms with van der Waals surface area (Å²) in [5, 5.41) is 6.15. The van der Waals surface area contributed by atoms with Crippen molar-refractivity contribution in [3.8, 4) is 0 Å². The van der Waals surface area contributed by atoms with E-state index in [1.807, 2.05) is 55.5 Å². The Balaban J connectivity index is 1.67. The second kappa shape index (κ2) is 7.94. The Morgan fingerprint density at radius 3 is 2.60 bits per heavy atom. The molecule has 0 spiro atoms. The van der Waals surface area contributed by atoms with Gasteiger partial charge in [0.05, 0.1) is 0 Å². The van der Waals surface area contributed by atoms with Gasteiger partial charge in [0.2, 0.25) is 0 Å². The summed E-state index contributed by atoms with van der Waals surface area (Å²) in [6.07, 6.45) is 1.63. The Bertz CT molecular complexity index is 878. The molecule has 2 N–H and O–H groups in total. The number of aryl methyl sites for hydroxylation is 1. The summed E-state index contributed by atoms with van der Waals surface area (Å²) in [4.78, 5) is 16.7. The topological polar surface area (TPSA) is 54.0 Å². The first kappa shape index (κ1) is 17.2. The molecule has 3 rings (SSSR count). The Kier molecular flexibility index (Phi) is 5.46. The van der Waals surface area contributed by atoms with E-state index in [-0.39, 0.29) is 5.91 Å². The van der Waals surface area contributed by atoms with Crippen LogP contribution in [-0.2, 0) is 6.54 Å². The number of aromatic nitrogens is 1. The Morgan fingerprint density at radius 1 is 1.08 bits per heavy atom. The van der Waals surface area contributed by atoms with Crippen LogP contribution in [0.15, 0.2) is 71.3 Å². The molecule has 2 aromatic carbocycles. The highest BCUT2D eigenvalue weighted by Gasteiger charge is 2.08. The lowest BCUT2D eigenvalue weighted by molar-refractivity contribution is 0.0951. The third-order valence-electron chi connectivity index (χ3n) is 3.84. The lowest BCUT2D eigenvalue weighted by Crippen LogP contribution is -2.23. The minimum atomic E-state index is -0.121. The zero-order chi connectivity index (χ0) is 17.6. The van der Waals surface area contributed by atoms with E-state index in [0.717, 1.165) is 21.3 Å². The molecule has 0 saturated heterocycles. The van der Waals surface area contributed by atoms with E-state index in [2.05, 4.69) is 31.5 Å². The average molecular weight is 396 g/mol. The van der Waals surface area contributed by atoms with Crippen molar-refractivity contribution in [2.75, 3.05) is 5.32 Å². The number of nitrogens with zero attached hydrogens (tertiary/aromatic N) is 1. The maximum absolute atomic E-state index is 12.4. The molecule has 1 aromatic heterocycles. The van der Waals surface area contributed by atoms with Gasteiger partial charge in [0.15, 0.2) is 0 Å². The molecule has 5 heteroatoms. The third kappa shape index (κ3) is 4.67. The zero-order valence-corrected chi connectivity index (χ0v) is 15.4. The number of nitrogens with one attached hydrogen (secondary N) is 2. The normalized spacial score (nSPS) is 10.3. The second-order valence-corrected chi connectivity index (χ2v) is 6.59. The first-order valence-corrected chi connectivity index (χ1v) is 8.72. The van der Waals surface area contributed by atoms with E-state index in [1.165, 1.54) is 0 Å². The fraction of sp³-hybridized carbons (Fsp3) is 0.100. The first-order valence-electron chi connectivity index (χ1n) is 7.93. The van der Waals surface area contributed by atoms with E-state index in [4.69, 9.17) is 0 Å². The van der Waals surface area contributed by atoms with Crippen LogP contribution in [0.3, 0.4) is 0 Å². The number of halogens is 1. The fourth-order valence-corrected chi connectivity index (χ4v) is 2.67. The number of carbonyl (C=O) groups excluding carboxylic acids is 1. The smallest absolute Gasteiger partial charge is 0.251 e. The molecule has 1 amide bonds. The molecule has 0 aliphatic heterocycles. The van der Waals surface area contributed by atoms with Crippen molar-refractivity contribution in [3.05, 3.63) is 88.0 Å². The van der Waals surface area contributed by atoms with Crippen LogP contribution in [0.2, 0.25) is 0 Å². The Hall–Kier alpha value is -2.66. The number of rotatable bonds is 5. The molecule has 0 radical (unpaired) electrons. The van der Waals surface area contributed by atoms with E-state index < -0.39 is 0 Å². The molecule has 4 nitrogen and oxygen atoms in total. The van der Waals surface area contributed by atoms with Gasteiger partial charge < -0.3 is 10.6 Å². The quantitative estimate of drug-likeness (QED) is 0.650. The van der Waals surface area contributed by atoms with Crippen LogP contribution in [0.25, 0.3) is 0 Å². The third-order valence-corrected chi connectivity index (χ3v) is 4.37. The van der Waals surface area contributed by atoms with Crippen molar-refractivity contribution in [2.45, 2.75) is 13.5 Å². The van der Waals surface area contributed by atoms with Crippen molar-refractivity contribution < 1.29 is 4.79 Å². The van der Waals surface area contributed by atoms with Gasteiger partial charge in [0.25, 0.3) is 5.91 Å². The van der Waals surface area contributed by atoms with E-state index >= 15 is 0 Å². The predicted octanol–water partition coefficient (Wildman–Crippen LogP) is 4.83. The van der Waals surface area contributed by atoms with E-state index in [1.54, 1.807) is 18.3 Å². The van der Waals surface area contributed by atoms with Gasteiger partial charge in [-0.25, -0.2) is 4.98 Å². The molecule has 0 unspecified atom stereocenters.